The highest BCUT2D eigenvalue weighted by Gasteiger charge is 2.14. The van der Waals surface area contributed by atoms with Crippen LogP contribution in [-0.2, 0) is 11.4 Å². The van der Waals surface area contributed by atoms with Crippen LogP contribution in [-0.4, -0.2) is 24.2 Å². The largest absolute Gasteiger partial charge is 0.489 e. The van der Waals surface area contributed by atoms with Crippen molar-refractivity contribution < 1.29 is 23.8 Å². The van der Waals surface area contributed by atoms with Crippen molar-refractivity contribution in [2.24, 2.45) is 5.10 Å². The molecular formula is C30H25ClN2O5. The lowest BCUT2D eigenvalue weighted by Crippen LogP contribution is -2.33. The molecule has 4 rings (SSSR count). The number of carbonyl (C=O) groups is 2. The molecular weight excluding hydrogens is 504 g/mol. The van der Waals surface area contributed by atoms with Gasteiger partial charge >= 0.3 is 5.97 Å². The van der Waals surface area contributed by atoms with E-state index in [1.54, 1.807) is 79.7 Å². The maximum atomic E-state index is 12.4. The Labute approximate surface area is 225 Å². The zero-order valence-corrected chi connectivity index (χ0v) is 21.3. The van der Waals surface area contributed by atoms with Crippen LogP contribution in [0, 0.1) is 0 Å². The SMILES string of the molecule is C[C@@H](Oc1ccc(OCc2ccccc2)cc1)C(=O)N/N=C\c1ccc(OC(=O)c2ccc(Cl)cc2)cc1. The van der Waals surface area contributed by atoms with Gasteiger partial charge in [0.15, 0.2) is 6.10 Å². The van der Waals surface area contributed by atoms with Crippen molar-refractivity contribution in [3.63, 3.8) is 0 Å². The van der Waals surface area contributed by atoms with Crippen LogP contribution < -0.4 is 19.6 Å². The summed E-state index contributed by atoms with van der Waals surface area (Å²) in [6.07, 6.45) is 0.715. The zero-order chi connectivity index (χ0) is 26.7. The molecule has 0 saturated carbocycles. The van der Waals surface area contributed by atoms with Crippen LogP contribution >= 0.6 is 11.6 Å². The molecule has 0 aromatic heterocycles. The molecule has 8 heteroatoms. The minimum Gasteiger partial charge on any atom is -0.489 e. The van der Waals surface area contributed by atoms with Gasteiger partial charge in [0.05, 0.1) is 11.8 Å². The summed E-state index contributed by atoms with van der Waals surface area (Å²) in [5.74, 6) is 0.726. The number of ether oxygens (including phenoxy) is 3. The Morgan fingerprint density at radius 3 is 2.16 bits per heavy atom. The molecule has 0 spiro atoms. The molecule has 0 aliphatic heterocycles. The first-order valence-electron chi connectivity index (χ1n) is 11.8. The van der Waals surface area contributed by atoms with Gasteiger partial charge in [0.2, 0.25) is 0 Å². The summed E-state index contributed by atoms with van der Waals surface area (Å²) in [5, 5.41) is 4.51. The molecule has 0 saturated heterocycles. The summed E-state index contributed by atoms with van der Waals surface area (Å²) < 4.78 is 16.8. The summed E-state index contributed by atoms with van der Waals surface area (Å²) in [6.45, 7) is 2.10. The molecule has 1 atom stereocenters. The Kier molecular flexibility index (Phi) is 9.10. The molecule has 0 fully saturated rings. The van der Waals surface area contributed by atoms with E-state index in [-0.39, 0.29) is 0 Å². The van der Waals surface area contributed by atoms with E-state index in [0.29, 0.717) is 40.0 Å². The lowest BCUT2D eigenvalue weighted by molar-refractivity contribution is -0.127. The number of nitrogens with one attached hydrogen (secondary N) is 1. The number of carbonyl (C=O) groups excluding carboxylic acids is 2. The average molecular weight is 529 g/mol. The Morgan fingerprint density at radius 2 is 1.47 bits per heavy atom. The number of esters is 1. The van der Waals surface area contributed by atoms with Crippen LogP contribution in [0.25, 0.3) is 0 Å². The lowest BCUT2D eigenvalue weighted by Gasteiger charge is -2.13. The summed E-state index contributed by atoms with van der Waals surface area (Å²) in [5.41, 5.74) is 4.63. The van der Waals surface area contributed by atoms with Crippen molar-refractivity contribution in [2.45, 2.75) is 19.6 Å². The maximum absolute atomic E-state index is 12.4. The molecule has 192 valence electrons. The zero-order valence-electron chi connectivity index (χ0n) is 20.5. The molecule has 0 radical (unpaired) electrons. The highest BCUT2D eigenvalue weighted by atomic mass is 35.5. The molecule has 0 heterocycles. The molecule has 7 nitrogen and oxygen atoms in total. The quantitative estimate of drug-likeness (QED) is 0.117. The minimum atomic E-state index is -0.766. The Hall–Kier alpha value is -4.62. The third-order valence-corrected chi connectivity index (χ3v) is 5.57. The Morgan fingerprint density at radius 1 is 0.842 bits per heavy atom. The van der Waals surface area contributed by atoms with E-state index in [1.807, 2.05) is 30.3 Å². The van der Waals surface area contributed by atoms with Crippen molar-refractivity contribution in [2.75, 3.05) is 0 Å². The number of rotatable bonds is 10. The van der Waals surface area contributed by atoms with E-state index in [4.69, 9.17) is 25.8 Å². The van der Waals surface area contributed by atoms with E-state index >= 15 is 0 Å². The molecule has 4 aromatic rings. The number of amides is 1. The van der Waals surface area contributed by atoms with Crippen molar-refractivity contribution in [3.05, 3.63) is 125 Å². The number of hydrogen-bond acceptors (Lipinski definition) is 6. The van der Waals surface area contributed by atoms with Gasteiger partial charge in [-0.2, -0.15) is 5.10 Å². The van der Waals surface area contributed by atoms with Gasteiger partial charge < -0.3 is 14.2 Å². The number of halogens is 1. The van der Waals surface area contributed by atoms with Gasteiger partial charge in [-0.3, -0.25) is 4.79 Å². The summed E-state index contributed by atoms with van der Waals surface area (Å²) in [4.78, 5) is 24.5. The standard InChI is InChI=1S/C30H25ClN2O5/c1-21(37-27-17-15-26(16-18-27)36-20-23-5-3-2-4-6-23)29(34)33-32-19-22-7-13-28(14-8-22)38-30(35)24-9-11-25(31)12-10-24/h2-19,21H,20H2,1H3,(H,33,34)/b32-19-/t21-/m1/s1. The molecule has 0 unspecified atom stereocenters. The van der Waals surface area contributed by atoms with E-state index in [2.05, 4.69) is 10.5 Å². The fourth-order valence-electron chi connectivity index (χ4n) is 3.25. The molecule has 4 aromatic carbocycles. The van der Waals surface area contributed by atoms with Crippen LogP contribution in [0.15, 0.2) is 108 Å². The van der Waals surface area contributed by atoms with E-state index < -0.39 is 18.0 Å². The van der Waals surface area contributed by atoms with Gasteiger partial charge in [0, 0.05) is 5.02 Å². The smallest absolute Gasteiger partial charge is 0.343 e. The third kappa shape index (κ3) is 7.94. The van der Waals surface area contributed by atoms with Crippen molar-refractivity contribution in [3.8, 4) is 17.2 Å². The average Bonchev–Trinajstić information content (AvgIpc) is 2.94. The highest BCUT2D eigenvalue weighted by Crippen LogP contribution is 2.20. The second kappa shape index (κ2) is 13.1. The minimum absolute atomic E-state index is 0.379. The van der Waals surface area contributed by atoms with Crippen LogP contribution in [0.1, 0.15) is 28.4 Å². The van der Waals surface area contributed by atoms with Crippen LogP contribution in [0.3, 0.4) is 0 Å². The van der Waals surface area contributed by atoms with Crippen LogP contribution in [0.5, 0.6) is 17.2 Å². The first kappa shape index (κ1) is 26.4. The lowest BCUT2D eigenvalue weighted by atomic mass is 10.2. The number of benzene rings is 4. The summed E-state index contributed by atoms with van der Waals surface area (Å²) in [7, 11) is 0. The topological polar surface area (TPSA) is 86.2 Å². The second-order valence-electron chi connectivity index (χ2n) is 8.21. The van der Waals surface area contributed by atoms with E-state index in [9.17, 15) is 9.59 Å². The molecule has 0 aliphatic carbocycles. The van der Waals surface area contributed by atoms with Crippen molar-refractivity contribution in [1.82, 2.24) is 5.43 Å². The number of nitrogens with zero attached hydrogens (tertiary/aromatic N) is 1. The summed E-state index contributed by atoms with van der Waals surface area (Å²) in [6, 6.07) is 30.1. The molecule has 0 bridgehead atoms. The predicted molar refractivity (Wildman–Crippen MR) is 146 cm³/mol. The Bertz CT molecular complexity index is 1370. The first-order valence-corrected chi connectivity index (χ1v) is 12.2. The van der Waals surface area contributed by atoms with Gasteiger partial charge in [-0.05, 0) is 90.8 Å². The maximum Gasteiger partial charge on any atom is 0.343 e. The molecule has 38 heavy (non-hydrogen) atoms. The molecule has 1 amide bonds. The molecule has 1 N–H and O–H groups in total. The van der Waals surface area contributed by atoms with Gasteiger partial charge in [0.25, 0.3) is 5.91 Å². The normalized spacial score (nSPS) is 11.5. The van der Waals surface area contributed by atoms with E-state index in [1.165, 1.54) is 6.21 Å². The van der Waals surface area contributed by atoms with Crippen molar-refractivity contribution in [1.29, 1.82) is 0 Å². The monoisotopic (exact) mass is 528 g/mol. The highest BCUT2D eigenvalue weighted by molar-refractivity contribution is 6.30. The molecule has 0 aliphatic rings. The Balaban J connectivity index is 1.21. The first-order chi connectivity index (χ1) is 18.5. The number of hydrazone groups is 1. The summed E-state index contributed by atoms with van der Waals surface area (Å²) >= 11 is 5.84. The van der Waals surface area contributed by atoms with Gasteiger partial charge in [-0.15, -0.1) is 0 Å². The van der Waals surface area contributed by atoms with Gasteiger partial charge in [-0.1, -0.05) is 41.9 Å². The van der Waals surface area contributed by atoms with Gasteiger partial charge in [0.1, 0.15) is 23.9 Å². The van der Waals surface area contributed by atoms with Crippen LogP contribution in [0.2, 0.25) is 5.02 Å². The number of hydrogen-bond donors (Lipinski definition) is 1. The van der Waals surface area contributed by atoms with E-state index in [0.717, 1.165) is 5.56 Å². The van der Waals surface area contributed by atoms with Gasteiger partial charge in [-0.25, -0.2) is 10.2 Å². The van der Waals surface area contributed by atoms with Crippen LogP contribution in [0.4, 0.5) is 0 Å². The fraction of sp³-hybridized carbons (Fsp3) is 0.100. The van der Waals surface area contributed by atoms with Crippen molar-refractivity contribution >= 4 is 29.7 Å². The second-order valence-corrected chi connectivity index (χ2v) is 8.64. The third-order valence-electron chi connectivity index (χ3n) is 5.31. The fourth-order valence-corrected chi connectivity index (χ4v) is 3.37. The predicted octanol–water partition coefficient (Wildman–Crippen LogP) is 6.06.